The Kier molecular flexibility index (Phi) is 11.1. The van der Waals surface area contributed by atoms with Crippen LogP contribution < -0.4 is 10.1 Å². The quantitative estimate of drug-likeness (QED) is 0.131. The van der Waals surface area contributed by atoms with Gasteiger partial charge in [0.15, 0.2) is 6.29 Å². The molecule has 0 bridgehead atoms. The van der Waals surface area contributed by atoms with E-state index in [1.807, 2.05) is 97.1 Å². The van der Waals surface area contributed by atoms with Gasteiger partial charge in [-0.15, -0.1) is 11.8 Å². The number of alkyl halides is 3. The van der Waals surface area contributed by atoms with Crippen LogP contribution in [0.4, 0.5) is 0 Å². The number of aliphatic hydroxyl groups is 1. The number of thioether (sulfide) groups is 1. The molecule has 1 saturated heterocycles. The molecule has 1 aliphatic rings. The van der Waals surface area contributed by atoms with Crippen LogP contribution in [0.25, 0.3) is 11.1 Å². The van der Waals surface area contributed by atoms with Crippen LogP contribution in [0.3, 0.4) is 0 Å². The second-order valence-corrected chi connectivity index (χ2v) is 13.6. The smallest absolute Gasteiger partial charge is 0.272 e. The molecule has 44 heavy (non-hydrogen) atoms. The number of amides is 1. The SMILES string of the molecule is COc1ccccc1SC[C@@H]1C[C@H](c2ccc(CO)cc2)O[C@H](c2ccc(-c3ccccc3CNC(=O)C(Cl)(Cl)Cl)cc2)O1. The van der Waals surface area contributed by atoms with Gasteiger partial charge in [0.25, 0.3) is 9.70 Å². The van der Waals surface area contributed by atoms with Gasteiger partial charge >= 0.3 is 0 Å². The number of hydrogen-bond acceptors (Lipinski definition) is 6. The maximum absolute atomic E-state index is 12.1. The molecule has 10 heteroatoms. The van der Waals surface area contributed by atoms with Crippen molar-refractivity contribution in [3.05, 3.63) is 119 Å². The molecule has 0 saturated carbocycles. The van der Waals surface area contributed by atoms with Crippen molar-refractivity contribution in [1.29, 1.82) is 0 Å². The minimum absolute atomic E-state index is 0.00946. The molecule has 0 aliphatic carbocycles. The van der Waals surface area contributed by atoms with E-state index in [4.69, 9.17) is 49.0 Å². The van der Waals surface area contributed by atoms with Gasteiger partial charge in [0, 0.05) is 29.2 Å². The number of ether oxygens (including phenoxy) is 3. The lowest BCUT2D eigenvalue weighted by Gasteiger charge is -2.36. The summed E-state index contributed by atoms with van der Waals surface area (Å²) >= 11 is 18.8. The summed E-state index contributed by atoms with van der Waals surface area (Å²) in [6.07, 6.45) is -0.176. The summed E-state index contributed by atoms with van der Waals surface area (Å²) in [6, 6.07) is 31.6. The van der Waals surface area contributed by atoms with E-state index in [-0.39, 0.29) is 25.4 Å². The average molecular weight is 673 g/mol. The molecule has 1 heterocycles. The lowest BCUT2D eigenvalue weighted by Crippen LogP contribution is -2.34. The number of halogens is 3. The van der Waals surface area contributed by atoms with Gasteiger partial charge in [-0.25, -0.2) is 0 Å². The zero-order valence-corrected chi connectivity index (χ0v) is 27.0. The normalized spacial score (nSPS) is 18.5. The van der Waals surface area contributed by atoms with E-state index in [1.165, 1.54) is 0 Å². The van der Waals surface area contributed by atoms with Gasteiger partial charge in [0.1, 0.15) is 5.75 Å². The molecule has 0 spiro atoms. The number of nitrogens with one attached hydrogen (secondary N) is 1. The van der Waals surface area contributed by atoms with Crippen LogP contribution in [0.2, 0.25) is 0 Å². The molecule has 5 rings (SSSR count). The first-order valence-electron chi connectivity index (χ1n) is 14.0. The molecule has 1 aliphatic heterocycles. The molecule has 0 unspecified atom stereocenters. The van der Waals surface area contributed by atoms with Crippen LogP contribution >= 0.6 is 46.6 Å². The second kappa shape index (κ2) is 15.0. The van der Waals surface area contributed by atoms with E-state index in [9.17, 15) is 9.90 Å². The first kappa shape index (κ1) is 32.6. The Morgan fingerprint density at radius 1 is 0.932 bits per heavy atom. The fourth-order valence-electron chi connectivity index (χ4n) is 5.00. The molecule has 1 amide bonds. The number of para-hydroxylation sites is 1. The van der Waals surface area contributed by atoms with Gasteiger partial charge < -0.3 is 24.6 Å². The van der Waals surface area contributed by atoms with Gasteiger partial charge in [0.2, 0.25) is 0 Å². The van der Waals surface area contributed by atoms with Crippen LogP contribution in [0, 0.1) is 0 Å². The van der Waals surface area contributed by atoms with Crippen molar-refractivity contribution in [3.63, 3.8) is 0 Å². The van der Waals surface area contributed by atoms with Crippen molar-refractivity contribution in [1.82, 2.24) is 5.32 Å². The molecule has 0 radical (unpaired) electrons. The third kappa shape index (κ3) is 8.29. The van der Waals surface area contributed by atoms with Crippen molar-refractivity contribution in [3.8, 4) is 16.9 Å². The van der Waals surface area contributed by atoms with Gasteiger partial charge in [-0.05, 0) is 39.9 Å². The zero-order chi connectivity index (χ0) is 31.1. The summed E-state index contributed by atoms with van der Waals surface area (Å²) < 4.78 is 16.6. The minimum atomic E-state index is -2.03. The lowest BCUT2D eigenvalue weighted by atomic mass is 9.98. The average Bonchev–Trinajstić information content (AvgIpc) is 3.06. The highest BCUT2D eigenvalue weighted by Gasteiger charge is 2.33. The molecule has 2 N–H and O–H groups in total. The second-order valence-electron chi connectivity index (χ2n) is 10.3. The highest BCUT2D eigenvalue weighted by molar-refractivity contribution is 7.99. The molecular weight excluding hydrogens is 641 g/mol. The van der Waals surface area contributed by atoms with E-state index >= 15 is 0 Å². The van der Waals surface area contributed by atoms with E-state index in [0.717, 1.165) is 49.8 Å². The molecule has 6 nitrogen and oxygen atoms in total. The number of benzene rings is 4. The molecule has 1 fully saturated rings. The van der Waals surface area contributed by atoms with Crippen molar-refractivity contribution in [2.24, 2.45) is 0 Å². The molecule has 4 aromatic rings. The fourth-order valence-corrected chi connectivity index (χ4v) is 6.24. The Morgan fingerprint density at radius 3 is 2.32 bits per heavy atom. The van der Waals surface area contributed by atoms with Crippen LogP contribution in [-0.4, -0.2) is 33.8 Å². The third-order valence-electron chi connectivity index (χ3n) is 7.32. The number of carbonyl (C=O) groups is 1. The summed E-state index contributed by atoms with van der Waals surface area (Å²) in [5.41, 5.74) is 5.56. The van der Waals surface area contributed by atoms with Gasteiger partial charge in [-0.3, -0.25) is 4.79 Å². The molecule has 4 aromatic carbocycles. The van der Waals surface area contributed by atoms with Gasteiger partial charge in [0.05, 0.1) is 25.9 Å². The van der Waals surface area contributed by atoms with Crippen molar-refractivity contribution < 1.29 is 24.1 Å². The molecule has 230 valence electrons. The third-order valence-corrected chi connectivity index (χ3v) is 9.02. The minimum Gasteiger partial charge on any atom is -0.496 e. The first-order valence-corrected chi connectivity index (χ1v) is 16.2. The highest BCUT2D eigenvalue weighted by atomic mass is 35.6. The molecule has 0 aromatic heterocycles. The topological polar surface area (TPSA) is 77.0 Å². The standard InChI is InChI=1S/C34H32Cl3NO5S/c1-41-29-8-4-5-9-31(29)44-21-27-18-30(24-12-10-22(20-39)11-13-24)43-32(42-27)25-16-14-23(15-17-25)28-7-3-2-6-26(28)19-38-33(40)34(35,36)37/h2-17,27,30,32,39H,18-21H2,1H3,(H,38,40)/t27-,30+,32+/m0/s1. The predicted molar refractivity (Wildman–Crippen MR) is 176 cm³/mol. The van der Waals surface area contributed by atoms with Crippen LogP contribution in [0.15, 0.2) is 102 Å². The Bertz CT molecular complexity index is 1550. The van der Waals surface area contributed by atoms with Crippen molar-refractivity contribution >= 4 is 52.5 Å². The Morgan fingerprint density at radius 2 is 1.61 bits per heavy atom. The number of carbonyl (C=O) groups excluding carboxylic acids is 1. The van der Waals surface area contributed by atoms with E-state index in [1.54, 1.807) is 18.9 Å². The highest BCUT2D eigenvalue weighted by Crippen LogP contribution is 2.41. The van der Waals surface area contributed by atoms with Crippen molar-refractivity contribution in [2.75, 3.05) is 12.9 Å². The zero-order valence-electron chi connectivity index (χ0n) is 23.9. The van der Waals surface area contributed by atoms with E-state index in [0.29, 0.717) is 6.42 Å². The fraction of sp³-hybridized carbons (Fsp3) is 0.265. The number of aliphatic hydroxyl groups excluding tert-OH is 1. The number of hydrogen-bond donors (Lipinski definition) is 2. The Hall–Kier alpha value is -2.75. The Balaban J connectivity index is 1.35. The van der Waals surface area contributed by atoms with Gasteiger partial charge in [-0.1, -0.05) is 120 Å². The Labute approximate surface area is 276 Å². The maximum Gasteiger partial charge on any atom is 0.272 e. The van der Waals surface area contributed by atoms with Crippen LogP contribution in [0.5, 0.6) is 5.75 Å². The lowest BCUT2D eigenvalue weighted by molar-refractivity contribution is -0.245. The monoisotopic (exact) mass is 671 g/mol. The maximum atomic E-state index is 12.1. The van der Waals surface area contributed by atoms with Gasteiger partial charge in [-0.2, -0.15) is 0 Å². The summed E-state index contributed by atoms with van der Waals surface area (Å²) in [7, 11) is 1.68. The van der Waals surface area contributed by atoms with Crippen LogP contribution in [0.1, 0.15) is 41.1 Å². The first-order chi connectivity index (χ1) is 21.2. The molecule has 3 atom stereocenters. The van der Waals surface area contributed by atoms with Crippen molar-refractivity contribution in [2.45, 2.75) is 46.8 Å². The van der Waals surface area contributed by atoms with E-state index in [2.05, 4.69) is 5.32 Å². The van der Waals surface area contributed by atoms with Crippen LogP contribution in [-0.2, 0) is 27.4 Å². The molecular formula is C34H32Cl3NO5S. The summed E-state index contributed by atoms with van der Waals surface area (Å²) in [5.74, 6) is 0.870. The summed E-state index contributed by atoms with van der Waals surface area (Å²) in [5, 5.41) is 12.2. The number of rotatable bonds is 10. The largest absolute Gasteiger partial charge is 0.496 e. The summed E-state index contributed by atoms with van der Waals surface area (Å²) in [4.78, 5) is 13.2. The van der Waals surface area contributed by atoms with E-state index < -0.39 is 16.0 Å². The number of methoxy groups -OCH3 is 1. The summed E-state index contributed by atoms with van der Waals surface area (Å²) in [6.45, 7) is 0.201. The predicted octanol–water partition coefficient (Wildman–Crippen LogP) is 8.18.